The summed E-state index contributed by atoms with van der Waals surface area (Å²) in [5, 5.41) is 9.61. The molecule has 1 nitrogen and oxygen atoms in total. The maximum atomic E-state index is 13.1. The van der Waals surface area contributed by atoms with Crippen molar-refractivity contribution in [3.8, 4) is 5.75 Å². The lowest BCUT2D eigenvalue weighted by Crippen LogP contribution is -2.37. The van der Waals surface area contributed by atoms with Crippen molar-refractivity contribution >= 4 is 15.9 Å². The van der Waals surface area contributed by atoms with Crippen molar-refractivity contribution in [3.63, 3.8) is 0 Å². The molecule has 1 aromatic rings. The van der Waals surface area contributed by atoms with Crippen LogP contribution in [0.1, 0.15) is 37.8 Å². The largest absolute Gasteiger partial charge is 0.508 e. The Morgan fingerprint density at radius 3 is 1.90 bits per heavy atom. The molecule has 0 spiro atoms. The molecule has 0 radical (unpaired) electrons. The molecule has 120 valence electrons. The average Bonchev–Trinajstić information content (AvgIpc) is 2.25. The van der Waals surface area contributed by atoms with Gasteiger partial charge in [0, 0.05) is 10.0 Å². The van der Waals surface area contributed by atoms with Gasteiger partial charge in [-0.05, 0) is 38.5 Å². The molecule has 0 aliphatic carbocycles. The van der Waals surface area contributed by atoms with E-state index >= 15 is 0 Å². The van der Waals surface area contributed by atoms with E-state index in [1.54, 1.807) is 0 Å². The summed E-state index contributed by atoms with van der Waals surface area (Å²) in [7, 11) is 0. The zero-order valence-electron chi connectivity index (χ0n) is 11.3. The summed E-state index contributed by atoms with van der Waals surface area (Å²) in [6.07, 6.45) is -9.31. The minimum atomic E-state index is -4.66. The lowest BCUT2D eigenvalue weighted by Gasteiger charge is -2.30. The minimum absolute atomic E-state index is 0.0968. The summed E-state index contributed by atoms with van der Waals surface area (Å²) in [4.78, 5) is 0. The van der Waals surface area contributed by atoms with E-state index in [0.717, 1.165) is 32.9 Å². The predicted octanol–water partition coefficient (Wildman–Crippen LogP) is 5.66. The van der Waals surface area contributed by atoms with E-state index in [0.29, 0.717) is 0 Å². The van der Waals surface area contributed by atoms with Crippen LogP contribution in [0.2, 0.25) is 0 Å². The van der Waals surface area contributed by atoms with E-state index in [4.69, 9.17) is 0 Å². The number of alkyl halides is 6. The second kappa shape index (κ2) is 5.37. The van der Waals surface area contributed by atoms with Crippen molar-refractivity contribution in [1.29, 1.82) is 0 Å². The third-order valence-corrected chi connectivity index (χ3v) is 4.11. The van der Waals surface area contributed by atoms with Gasteiger partial charge in [-0.2, -0.15) is 26.3 Å². The normalized spacial score (nSPS) is 15.1. The van der Waals surface area contributed by atoms with Gasteiger partial charge in [0.15, 0.2) is 0 Å². The van der Waals surface area contributed by atoms with Gasteiger partial charge in [0.1, 0.15) is 5.75 Å². The molecule has 0 saturated heterocycles. The van der Waals surface area contributed by atoms with Gasteiger partial charge >= 0.3 is 12.4 Å². The fraction of sp³-hybridized carbons (Fsp3) is 0.538. The van der Waals surface area contributed by atoms with Crippen molar-refractivity contribution in [2.75, 3.05) is 0 Å². The fourth-order valence-corrected chi connectivity index (χ4v) is 2.56. The van der Waals surface area contributed by atoms with Crippen LogP contribution >= 0.6 is 15.9 Å². The van der Waals surface area contributed by atoms with Crippen molar-refractivity contribution in [3.05, 3.63) is 27.7 Å². The van der Waals surface area contributed by atoms with Crippen LogP contribution in [-0.2, 0) is 5.41 Å². The summed E-state index contributed by atoms with van der Waals surface area (Å²) in [5.41, 5.74) is -3.31. The molecule has 1 unspecified atom stereocenters. The minimum Gasteiger partial charge on any atom is -0.508 e. The average molecular weight is 379 g/mol. The number of benzene rings is 1. The molecule has 0 fully saturated rings. The molecule has 1 rings (SSSR count). The Balaban J connectivity index is 3.52. The molecule has 0 bridgehead atoms. The van der Waals surface area contributed by atoms with E-state index in [1.807, 2.05) is 0 Å². The Kier molecular flexibility index (Phi) is 4.64. The molecular formula is C13H13BrF6O. The van der Waals surface area contributed by atoms with Crippen LogP contribution in [0.4, 0.5) is 26.3 Å². The first-order valence-electron chi connectivity index (χ1n) is 5.86. The van der Waals surface area contributed by atoms with E-state index in [-0.39, 0.29) is 10.0 Å². The zero-order chi connectivity index (χ0) is 16.8. The number of hydrogen-bond donors (Lipinski definition) is 1. The Hall–Kier alpha value is -0.920. The summed E-state index contributed by atoms with van der Waals surface area (Å²) in [5.74, 6) is -2.78. The van der Waals surface area contributed by atoms with Gasteiger partial charge in [-0.1, -0.05) is 15.9 Å². The summed E-state index contributed by atoms with van der Waals surface area (Å²) in [6, 6.07) is 1.62. The number of hydrogen-bond acceptors (Lipinski definition) is 1. The van der Waals surface area contributed by atoms with Gasteiger partial charge in [-0.15, -0.1) is 0 Å². The van der Waals surface area contributed by atoms with E-state index < -0.39 is 35.0 Å². The standard InChI is InChI=1S/C13H13BrF6O/c1-6(12(15,16)17)7-4-8(9(14)5-10(7)21)11(2,3)13(18,19)20/h4-6,21H,1-3H3. The van der Waals surface area contributed by atoms with Crippen LogP contribution in [0.3, 0.4) is 0 Å². The number of phenolic OH excluding ortho intramolecular Hbond substituents is 1. The first kappa shape index (κ1) is 18.1. The smallest absolute Gasteiger partial charge is 0.397 e. The Labute approximate surface area is 126 Å². The predicted molar refractivity (Wildman–Crippen MR) is 69.4 cm³/mol. The van der Waals surface area contributed by atoms with Gasteiger partial charge in [0.2, 0.25) is 0 Å². The summed E-state index contributed by atoms with van der Waals surface area (Å²) in [6.45, 7) is 2.52. The number of halogens is 7. The van der Waals surface area contributed by atoms with Crippen LogP contribution in [0, 0.1) is 0 Å². The molecule has 0 saturated carbocycles. The monoisotopic (exact) mass is 378 g/mol. The number of aromatic hydroxyl groups is 1. The molecule has 0 heterocycles. The quantitative estimate of drug-likeness (QED) is 0.658. The molecule has 1 atom stereocenters. The highest BCUT2D eigenvalue weighted by Crippen LogP contribution is 2.47. The van der Waals surface area contributed by atoms with Crippen molar-refractivity contribution in [2.24, 2.45) is 0 Å². The van der Waals surface area contributed by atoms with Gasteiger partial charge in [-0.25, -0.2) is 0 Å². The molecule has 1 aromatic carbocycles. The number of rotatable bonds is 2. The third kappa shape index (κ3) is 3.46. The van der Waals surface area contributed by atoms with Crippen LogP contribution in [0.5, 0.6) is 5.75 Å². The maximum Gasteiger partial charge on any atom is 0.397 e. The SMILES string of the molecule is CC(c1cc(C(C)(C)C(F)(F)F)c(Br)cc1O)C(F)(F)F. The van der Waals surface area contributed by atoms with Crippen LogP contribution in [-0.4, -0.2) is 17.5 Å². The summed E-state index contributed by atoms with van der Waals surface area (Å²) >= 11 is 2.87. The van der Waals surface area contributed by atoms with Gasteiger partial charge in [0.25, 0.3) is 0 Å². The van der Waals surface area contributed by atoms with E-state index in [2.05, 4.69) is 15.9 Å². The lowest BCUT2D eigenvalue weighted by molar-refractivity contribution is -0.180. The molecule has 21 heavy (non-hydrogen) atoms. The molecule has 0 aliphatic heterocycles. The van der Waals surface area contributed by atoms with Crippen LogP contribution < -0.4 is 0 Å². The van der Waals surface area contributed by atoms with Gasteiger partial charge in [0.05, 0.1) is 11.3 Å². The van der Waals surface area contributed by atoms with Crippen molar-refractivity contribution < 1.29 is 31.4 Å². The number of phenols is 1. The molecular weight excluding hydrogens is 366 g/mol. The van der Waals surface area contributed by atoms with E-state index in [9.17, 15) is 31.4 Å². The van der Waals surface area contributed by atoms with Gasteiger partial charge < -0.3 is 5.11 Å². The lowest BCUT2D eigenvalue weighted by atomic mass is 9.81. The fourth-order valence-electron chi connectivity index (χ4n) is 1.73. The first-order chi connectivity index (χ1) is 9.19. The second-order valence-electron chi connectivity index (χ2n) is 5.28. The van der Waals surface area contributed by atoms with Crippen LogP contribution in [0.15, 0.2) is 16.6 Å². The first-order valence-corrected chi connectivity index (χ1v) is 6.65. The maximum absolute atomic E-state index is 13.1. The van der Waals surface area contributed by atoms with Crippen LogP contribution in [0.25, 0.3) is 0 Å². The third-order valence-electron chi connectivity index (χ3n) is 3.46. The van der Waals surface area contributed by atoms with E-state index in [1.165, 1.54) is 0 Å². The topological polar surface area (TPSA) is 20.2 Å². The van der Waals surface area contributed by atoms with Crippen molar-refractivity contribution in [2.45, 2.75) is 44.5 Å². The second-order valence-corrected chi connectivity index (χ2v) is 6.13. The Bertz CT molecular complexity index is 533. The highest BCUT2D eigenvalue weighted by Gasteiger charge is 2.50. The molecule has 8 heteroatoms. The Morgan fingerprint density at radius 2 is 1.52 bits per heavy atom. The zero-order valence-corrected chi connectivity index (χ0v) is 12.9. The van der Waals surface area contributed by atoms with Gasteiger partial charge in [-0.3, -0.25) is 0 Å². The molecule has 0 amide bonds. The van der Waals surface area contributed by atoms with Crippen molar-refractivity contribution in [1.82, 2.24) is 0 Å². The Morgan fingerprint density at radius 1 is 1.05 bits per heavy atom. The molecule has 0 aromatic heterocycles. The highest BCUT2D eigenvalue weighted by atomic mass is 79.9. The molecule has 1 N–H and O–H groups in total. The summed E-state index contributed by atoms with van der Waals surface area (Å²) < 4.78 is 77.3. The molecule has 0 aliphatic rings. The highest BCUT2D eigenvalue weighted by molar-refractivity contribution is 9.10.